The smallest absolute Gasteiger partial charge is 0.251 e. The second-order valence-corrected chi connectivity index (χ2v) is 5.66. The van der Waals surface area contributed by atoms with E-state index in [0.29, 0.717) is 5.75 Å². The average Bonchev–Trinajstić information content (AvgIpc) is 3.03. The lowest BCUT2D eigenvalue weighted by atomic mass is 10.1. The summed E-state index contributed by atoms with van der Waals surface area (Å²) in [6.07, 6.45) is 4.80. The van der Waals surface area contributed by atoms with Crippen molar-refractivity contribution >= 4 is 17.7 Å². The highest BCUT2D eigenvalue weighted by atomic mass is 32.2. The maximum Gasteiger partial charge on any atom is 0.251 e. The van der Waals surface area contributed by atoms with Gasteiger partial charge in [-0.3, -0.25) is 9.89 Å². The number of benzene rings is 1. The van der Waals surface area contributed by atoms with Crippen molar-refractivity contribution in [3.05, 3.63) is 41.7 Å². The molecule has 1 aromatic heterocycles. The maximum absolute atomic E-state index is 12.2. The molecule has 112 valence electrons. The van der Waals surface area contributed by atoms with Gasteiger partial charge in [-0.15, -0.1) is 0 Å². The Balaban J connectivity index is 1.94. The van der Waals surface area contributed by atoms with E-state index in [9.17, 15) is 4.79 Å². The second-order valence-electron chi connectivity index (χ2n) is 4.70. The predicted molar refractivity (Wildman–Crippen MR) is 84.2 cm³/mol. The Bertz CT molecular complexity index is 557. The van der Waals surface area contributed by atoms with Crippen LogP contribution in [-0.4, -0.2) is 27.6 Å². The monoisotopic (exact) mass is 304 g/mol. The molecule has 1 amide bonds. The molecule has 2 N–H and O–H groups in total. The first-order valence-electron chi connectivity index (χ1n) is 7.15. The highest BCUT2D eigenvalue weighted by Gasteiger charge is 2.11. The van der Waals surface area contributed by atoms with Gasteiger partial charge in [-0.05, 0) is 18.1 Å². The third-order valence-electron chi connectivity index (χ3n) is 3.09. The Kier molecular flexibility index (Phi) is 6.27. The van der Waals surface area contributed by atoms with E-state index in [1.54, 1.807) is 0 Å². The van der Waals surface area contributed by atoms with Gasteiger partial charge in [0.05, 0.1) is 0 Å². The lowest BCUT2D eigenvalue weighted by Crippen LogP contribution is -2.25. The van der Waals surface area contributed by atoms with Gasteiger partial charge in [-0.1, -0.05) is 49.7 Å². The van der Waals surface area contributed by atoms with Crippen molar-refractivity contribution in [2.45, 2.75) is 37.1 Å². The molecule has 0 unspecified atom stereocenters. The van der Waals surface area contributed by atoms with E-state index in [2.05, 4.69) is 27.4 Å². The van der Waals surface area contributed by atoms with E-state index < -0.39 is 0 Å². The molecule has 0 aliphatic carbocycles. The summed E-state index contributed by atoms with van der Waals surface area (Å²) in [4.78, 5) is 16.3. The third kappa shape index (κ3) is 4.90. The van der Waals surface area contributed by atoms with E-state index in [1.165, 1.54) is 18.1 Å². The fourth-order valence-electron chi connectivity index (χ4n) is 1.95. The zero-order valence-corrected chi connectivity index (χ0v) is 12.9. The van der Waals surface area contributed by atoms with Crippen molar-refractivity contribution in [1.82, 2.24) is 20.5 Å². The minimum Gasteiger partial charge on any atom is -0.352 e. The number of unbranched alkanes of at least 4 members (excludes halogenated alkanes) is 2. The van der Waals surface area contributed by atoms with Gasteiger partial charge in [0, 0.05) is 17.9 Å². The average molecular weight is 304 g/mol. The van der Waals surface area contributed by atoms with Crippen molar-refractivity contribution in [1.29, 1.82) is 0 Å². The number of aromatic nitrogens is 3. The van der Waals surface area contributed by atoms with Crippen LogP contribution in [0.5, 0.6) is 0 Å². The van der Waals surface area contributed by atoms with Crippen LogP contribution in [0, 0.1) is 0 Å². The van der Waals surface area contributed by atoms with Gasteiger partial charge < -0.3 is 5.32 Å². The number of H-pyrrole nitrogens is 1. The van der Waals surface area contributed by atoms with E-state index >= 15 is 0 Å². The SMILES string of the molecule is CCCCCNC(=O)c1ccccc1CSc1ncn[nH]1. The summed E-state index contributed by atoms with van der Waals surface area (Å²) >= 11 is 1.53. The molecule has 5 nitrogen and oxygen atoms in total. The largest absolute Gasteiger partial charge is 0.352 e. The molecule has 21 heavy (non-hydrogen) atoms. The number of rotatable bonds is 8. The maximum atomic E-state index is 12.2. The predicted octanol–water partition coefficient (Wildman–Crippen LogP) is 3.02. The minimum absolute atomic E-state index is 0.000118. The first-order valence-corrected chi connectivity index (χ1v) is 8.14. The molecule has 0 fully saturated rings. The van der Waals surface area contributed by atoms with Crippen LogP contribution in [0.1, 0.15) is 42.1 Å². The molecule has 2 aromatic rings. The number of aromatic amines is 1. The van der Waals surface area contributed by atoms with Crippen molar-refractivity contribution < 1.29 is 4.79 Å². The Morgan fingerprint density at radius 1 is 1.33 bits per heavy atom. The second kappa shape index (κ2) is 8.46. The van der Waals surface area contributed by atoms with Crippen LogP contribution in [0.2, 0.25) is 0 Å². The summed E-state index contributed by atoms with van der Waals surface area (Å²) in [5.74, 6) is 0.688. The van der Waals surface area contributed by atoms with Crippen LogP contribution >= 0.6 is 11.8 Å². The molecule has 0 aliphatic rings. The number of nitrogens with zero attached hydrogens (tertiary/aromatic N) is 2. The molecule has 0 saturated heterocycles. The molecule has 0 atom stereocenters. The Hall–Kier alpha value is -1.82. The third-order valence-corrected chi connectivity index (χ3v) is 4.01. The van der Waals surface area contributed by atoms with Crippen LogP contribution in [-0.2, 0) is 5.75 Å². The van der Waals surface area contributed by atoms with Gasteiger partial charge in [0.1, 0.15) is 6.33 Å². The summed E-state index contributed by atoms with van der Waals surface area (Å²) in [6.45, 7) is 2.88. The molecular formula is C15H20N4OS. The lowest BCUT2D eigenvalue weighted by molar-refractivity contribution is 0.0952. The number of hydrogen-bond acceptors (Lipinski definition) is 4. The Morgan fingerprint density at radius 3 is 2.95 bits per heavy atom. The van der Waals surface area contributed by atoms with Crippen molar-refractivity contribution in [3.63, 3.8) is 0 Å². The number of carbonyl (C=O) groups excluding carboxylic acids is 1. The van der Waals surface area contributed by atoms with Crippen LogP contribution < -0.4 is 5.32 Å². The molecule has 6 heteroatoms. The minimum atomic E-state index is -0.000118. The first-order chi connectivity index (χ1) is 10.3. The summed E-state index contributed by atoms with van der Waals surface area (Å²) in [5, 5.41) is 10.4. The first kappa shape index (κ1) is 15.6. The summed E-state index contributed by atoms with van der Waals surface area (Å²) in [6, 6.07) is 7.68. The normalized spacial score (nSPS) is 10.5. The van der Waals surface area contributed by atoms with E-state index in [-0.39, 0.29) is 5.91 Å². The van der Waals surface area contributed by atoms with Gasteiger partial charge in [0.15, 0.2) is 5.16 Å². The van der Waals surface area contributed by atoms with Crippen LogP contribution in [0.4, 0.5) is 0 Å². The molecule has 1 heterocycles. The summed E-state index contributed by atoms with van der Waals surface area (Å²) < 4.78 is 0. The number of hydrogen-bond donors (Lipinski definition) is 2. The van der Waals surface area contributed by atoms with Gasteiger partial charge in [0.25, 0.3) is 5.91 Å². The highest BCUT2D eigenvalue weighted by molar-refractivity contribution is 7.98. The molecule has 0 saturated carbocycles. The van der Waals surface area contributed by atoms with Gasteiger partial charge in [-0.25, -0.2) is 4.98 Å². The molecule has 1 aromatic carbocycles. The highest BCUT2D eigenvalue weighted by Crippen LogP contribution is 2.21. The zero-order chi connectivity index (χ0) is 14.9. The fourth-order valence-corrected chi connectivity index (χ4v) is 2.73. The standard InChI is InChI=1S/C15H20N4OS/c1-2-3-6-9-16-14(20)13-8-5-4-7-12(13)10-21-15-17-11-18-19-15/h4-5,7-8,11H,2-3,6,9-10H2,1H3,(H,16,20)(H,17,18,19). The molecule has 0 radical (unpaired) electrons. The molecule has 0 spiro atoms. The zero-order valence-electron chi connectivity index (χ0n) is 12.1. The van der Waals surface area contributed by atoms with Gasteiger partial charge >= 0.3 is 0 Å². The molecule has 0 bridgehead atoms. The number of amides is 1. The van der Waals surface area contributed by atoms with E-state index in [1.807, 2.05) is 24.3 Å². The Morgan fingerprint density at radius 2 is 2.19 bits per heavy atom. The van der Waals surface area contributed by atoms with Crippen molar-refractivity contribution in [2.24, 2.45) is 0 Å². The van der Waals surface area contributed by atoms with Gasteiger partial charge in [-0.2, -0.15) is 5.10 Å². The van der Waals surface area contributed by atoms with Gasteiger partial charge in [0.2, 0.25) is 0 Å². The summed E-state index contributed by atoms with van der Waals surface area (Å²) in [7, 11) is 0. The number of thioether (sulfide) groups is 1. The van der Waals surface area contributed by atoms with Crippen molar-refractivity contribution in [2.75, 3.05) is 6.54 Å². The van der Waals surface area contributed by atoms with E-state index in [0.717, 1.165) is 42.1 Å². The number of nitrogens with one attached hydrogen (secondary N) is 2. The lowest BCUT2D eigenvalue weighted by Gasteiger charge is -2.09. The fraction of sp³-hybridized carbons (Fsp3) is 0.400. The molecule has 2 rings (SSSR count). The molecular weight excluding hydrogens is 284 g/mol. The van der Waals surface area contributed by atoms with Crippen LogP contribution in [0.15, 0.2) is 35.7 Å². The quantitative estimate of drug-likeness (QED) is 0.581. The van der Waals surface area contributed by atoms with Crippen LogP contribution in [0.3, 0.4) is 0 Å². The van der Waals surface area contributed by atoms with E-state index in [4.69, 9.17) is 0 Å². The Labute approximate surface area is 128 Å². The van der Waals surface area contributed by atoms with Crippen LogP contribution in [0.25, 0.3) is 0 Å². The molecule has 0 aliphatic heterocycles. The summed E-state index contributed by atoms with van der Waals surface area (Å²) in [5.41, 5.74) is 1.74. The number of carbonyl (C=O) groups is 1. The topological polar surface area (TPSA) is 70.7 Å². The van der Waals surface area contributed by atoms with Crippen molar-refractivity contribution in [3.8, 4) is 0 Å².